The van der Waals surface area contributed by atoms with Crippen molar-refractivity contribution in [3.63, 3.8) is 0 Å². The second-order valence-corrected chi connectivity index (χ2v) is 6.73. The molecule has 1 heterocycles. The normalized spacial score (nSPS) is 13.7. The van der Waals surface area contributed by atoms with Crippen LogP contribution in [0.2, 0.25) is 0 Å². The smallest absolute Gasteiger partial charge is 0.224 e. The number of hydrogen-bond acceptors (Lipinski definition) is 3. The number of nitrogens with one attached hydrogen (secondary N) is 1. The summed E-state index contributed by atoms with van der Waals surface area (Å²) in [5.41, 5.74) is 3.78. The molecule has 0 bridgehead atoms. The Bertz CT molecular complexity index is 762. The van der Waals surface area contributed by atoms with E-state index in [-0.39, 0.29) is 24.5 Å². The molecule has 0 saturated carbocycles. The third-order valence-corrected chi connectivity index (χ3v) is 4.89. The average Bonchev–Trinajstić information content (AvgIpc) is 3.21. The summed E-state index contributed by atoms with van der Waals surface area (Å²) in [7, 11) is 0. The minimum atomic E-state index is -0.116. The first kappa shape index (κ1) is 18.2. The first-order valence-corrected chi connectivity index (χ1v) is 9.43. The Kier molecular flexibility index (Phi) is 6.05. The first-order chi connectivity index (χ1) is 12.7. The Hall–Kier alpha value is -2.62. The van der Waals surface area contributed by atoms with E-state index in [9.17, 15) is 9.59 Å². The van der Waals surface area contributed by atoms with Crippen LogP contribution in [0.4, 0.5) is 11.4 Å². The lowest BCUT2D eigenvalue weighted by Gasteiger charge is -2.21. The molecule has 4 heteroatoms. The van der Waals surface area contributed by atoms with Crippen LogP contribution < -0.4 is 10.2 Å². The van der Waals surface area contributed by atoms with Gasteiger partial charge >= 0.3 is 0 Å². The number of para-hydroxylation sites is 2. The van der Waals surface area contributed by atoms with Gasteiger partial charge in [-0.3, -0.25) is 9.59 Å². The van der Waals surface area contributed by atoms with Gasteiger partial charge in [0.15, 0.2) is 5.78 Å². The lowest BCUT2D eigenvalue weighted by atomic mass is 10.0. The molecule has 0 radical (unpaired) electrons. The highest BCUT2D eigenvalue weighted by Gasteiger charge is 2.17. The molecule has 4 nitrogen and oxygen atoms in total. The summed E-state index contributed by atoms with van der Waals surface area (Å²) in [4.78, 5) is 26.9. The lowest BCUT2D eigenvalue weighted by molar-refractivity contribution is -0.116. The molecule has 0 aliphatic carbocycles. The highest BCUT2D eigenvalue weighted by molar-refractivity contribution is 6.00. The molecule has 1 aliphatic rings. The number of aryl methyl sites for hydroxylation is 1. The van der Waals surface area contributed by atoms with Crippen molar-refractivity contribution in [2.45, 2.75) is 39.0 Å². The summed E-state index contributed by atoms with van der Waals surface area (Å²) in [5.74, 6) is -0.106. The van der Waals surface area contributed by atoms with Crippen LogP contribution in [0.1, 0.15) is 48.5 Å². The van der Waals surface area contributed by atoms with E-state index in [0.717, 1.165) is 30.9 Å². The Morgan fingerprint density at radius 1 is 0.962 bits per heavy atom. The Morgan fingerprint density at radius 2 is 1.65 bits per heavy atom. The molecule has 0 atom stereocenters. The fourth-order valence-corrected chi connectivity index (χ4v) is 3.32. The van der Waals surface area contributed by atoms with Gasteiger partial charge in [-0.15, -0.1) is 0 Å². The summed E-state index contributed by atoms with van der Waals surface area (Å²) in [5, 5.41) is 2.98. The molecule has 0 aromatic heterocycles. The van der Waals surface area contributed by atoms with Crippen molar-refractivity contribution in [1.29, 1.82) is 0 Å². The SMILES string of the molecule is CCc1ccc(C(=O)CCC(=O)Nc2ccccc2N2CCCC2)cc1. The molecular weight excluding hydrogens is 324 g/mol. The van der Waals surface area contributed by atoms with E-state index in [4.69, 9.17) is 0 Å². The molecule has 1 saturated heterocycles. The minimum Gasteiger partial charge on any atom is -0.370 e. The van der Waals surface area contributed by atoms with Gasteiger partial charge in [-0.1, -0.05) is 43.3 Å². The fraction of sp³-hybridized carbons (Fsp3) is 0.364. The van der Waals surface area contributed by atoms with Gasteiger partial charge in [-0.2, -0.15) is 0 Å². The number of anilines is 2. The summed E-state index contributed by atoms with van der Waals surface area (Å²) >= 11 is 0. The van der Waals surface area contributed by atoms with Gasteiger partial charge in [0, 0.05) is 31.5 Å². The monoisotopic (exact) mass is 350 g/mol. The highest BCUT2D eigenvalue weighted by Crippen LogP contribution is 2.28. The topological polar surface area (TPSA) is 49.4 Å². The molecule has 26 heavy (non-hydrogen) atoms. The number of nitrogens with zero attached hydrogens (tertiary/aromatic N) is 1. The van der Waals surface area contributed by atoms with Crippen LogP contribution in [-0.4, -0.2) is 24.8 Å². The van der Waals surface area contributed by atoms with E-state index in [0.29, 0.717) is 5.56 Å². The molecule has 2 aromatic carbocycles. The van der Waals surface area contributed by atoms with Crippen molar-refractivity contribution in [3.05, 3.63) is 59.7 Å². The van der Waals surface area contributed by atoms with E-state index < -0.39 is 0 Å². The van der Waals surface area contributed by atoms with Crippen molar-refractivity contribution in [3.8, 4) is 0 Å². The quantitative estimate of drug-likeness (QED) is 0.751. The van der Waals surface area contributed by atoms with Crippen molar-refractivity contribution in [2.24, 2.45) is 0 Å². The zero-order valence-electron chi connectivity index (χ0n) is 15.3. The van der Waals surface area contributed by atoms with E-state index in [1.807, 2.05) is 48.5 Å². The fourth-order valence-electron chi connectivity index (χ4n) is 3.32. The molecule has 3 rings (SSSR count). The zero-order valence-corrected chi connectivity index (χ0v) is 15.3. The highest BCUT2D eigenvalue weighted by atomic mass is 16.2. The summed E-state index contributed by atoms with van der Waals surface area (Å²) in [6.45, 7) is 4.14. The second kappa shape index (κ2) is 8.65. The van der Waals surface area contributed by atoms with Gasteiger partial charge in [0.2, 0.25) is 5.91 Å². The standard InChI is InChI=1S/C22H26N2O2/c1-2-17-9-11-18(12-10-17)21(25)13-14-22(26)23-19-7-3-4-8-20(19)24-15-5-6-16-24/h3-4,7-12H,2,5-6,13-16H2,1H3,(H,23,26). The molecule has 2 aromatic rings. The maximum absolute atomic E-state index is 12.3. The van der Waals surface area contributed by atoms with E-state index in [1.54, 1.807) is 0 Å². The number of benzene rings is 2. The van der Waals surface area contributed by atoms with Crippen molar-refractivity contribution >= 4 is 23.1 Å². The summed E-state index contributed by atoms with van der Waals surface area (Å²) in [6.07, 6.45) is 3.75. The molecule has 136 valence electrons. The average molecular weight is 350 g/mol. The van der Waals surface area contributed by atoms with Crippen LogP contribution in [-0.2, 0) is 11.2 Å². The van der Waals surface area contributed by atoms with Crippen LogP contribution in [0.15, 0.2) is 48.5 Å². The van der Waals surface area contributed by atoms with Crippen molar-refractivity contribution in [1.82, 2.24) is 0 Å². The van der Waals surface area contributed by atoms with E-state index in [1.165, 1.54) is 18.4 Å². The van der Waals surface area contributed by atoms with Gasteiger partial charge in [-0.25, -0.2) is 0 Å². The number of rotatable bonds is 7. The number of amides is 1. The molecule has 1 fully saturated rings. The first-order valence-electron chi connectivity index (χ1n) is 9.43. The Morgan fingerprint density at radius 3 is 2.35 bits per heavy atom. The molecule has 0 spiro atoms. The molecule has 0 unspecified atom stereocenters. The van der Waals surface area contributed by atoms with E-state index in [2.05, 4.69) is 17.1 Å². The van der Waals surface area contributed by atoms with Crippen LogP contribution in [0.3, 0.4) is 0 Å². The van der Waals surface area contributed by atoms with Crippen LogP contribution in [0.25, 0.3) is 0 Å². The van der Waals surface area contributed by atoms with Crippen LogP contribution in [0, 0.1) is 0 Å². The number of hydrogen-bond donors (Lipinski definition) is 1. The second-order valence-electron chi connectivity index (χ2n) is 6.73. The zero-order chi connectivity index (χ0) is 18.4. The van der Waals surface area contributed by atoms with Gasteiger partial charge in [-0.05, 0) is 37.0 Å². The Labute approximate surface area is 155 Å². The number of carbonyl (C=O) groups is 2. The third-order valence-electron chi connectivity index (χ3n) is 4.89. The van der Waals surface area contributed by atoms with Gasteiger partial charge in [0.05, 0.1) is 11.4 Å². The molecule has 1 amide bonds. The largest absolute Gasteiger partial charge is 0.370 e. The van der Waals surface area contributed by atoms with E-state index >= 15 is 0 Å². The van der Waals surface area contributed by atoms with Gasteiger partial charge in [0.25, 0.3) is 0 Å². The number of ketones is 1. The van der Waals surface area contributed by atoms with Crippen LogP contribution in [0.5, 0.6) is 0 Å². The van der Waals surface area contributed by atoms with Crippen molar-refractivity contribution < 1.29 is 9.59 Å². The minimum absolute atomic E-state index is 0.00984. The third kappa shape index (κ3) is 4.51. The van der Waals surface area contributed by atoms with Crippen LogP contribution >= 0.6 is 0 Å². The van der Waals surface area contributed by atoms with Gasteiger partial charge < -0.3 is 10.2 Å². The summed E-state index contributed by atoms with van der Waals surface area (Å²) in [6, 6.07) is 15.5. The number of carbonyl (C=O) groups excluding carboxylic acids is 2. The molecular formula is C22H26N2O2. The van der Waals surface area contributed by atoms with Gasteiger partial charge in [0.1, 0.15) is 0 Å². The number of Topliss-reactive ketones (excluding diaryl/α,β-unsaturated/α-hetero) is 1. The molecule has 1 aliphatic heterocycles. The molecule has 1 N–H and O–H groups in total. The Balaban J connectivity index is 1.56. The predicted molar refractivity (Wildman–Crippen MR) is 106 cm³/mol. The summed E-state index contributed by atoms with van der Waals surface area (Å²) < 4.78 is 0. The van der Waals surface area contributed by atoms with Crippen molar-refractivity contribution in [2.75, 3.05) is 23.3 Å². The lowest BCUT2D eigenvalue weighted by Crippen LogP contribution is -2.21. The maximum atomic E-state index is 12.3. The maximum Gasteiger partial charge on any atom is 0.224 e. The predicted octanol–water partition coefficient (Wildman–Crippen LogP) is 4.45.